The highest BCUT2D eigenvalue weighted by Gasteiger charge is 2.18. The first-order chi connectivity index (χ1) is 13.7. The van der Waals surface area contributed by atoms with Crippen LogP contribution in [-0.2, 0) is 19.6 Å². The second-order valence-electron chi connectivity index (χ2n) is 6.74. The Hall–Kier alpha value is -2.70. The smallest absolute Gasteiger partial charge is 0.251 e. The van der Waals surface area contributed by atoms with E-state index in [4.69, 9.17) is 4.74 Å². The minimum atomic E-state index is -0.317. The molecule has 2 aromatic carbocycles. The van der Waals surface area contributed by atoms with E-state index in [-0.39, 0.29) is 18.3 Å². The van der Waals surface area contributed by atoms with Gasteiger partial charge in [0.05, 0.1) is 0 Å². The van der Waals surface area contributed by atoms with Gasteiger partial charge in [-0.2, -0.15) is 0 Å². The van der Waals surface area contributed by atoms with Gasteiger partial charge in [-0.1, -0.05) is 24.3 Å². The van der Waals surface area contributed by atoms with Crippen molar-refractivity contribution >= 4 is 17.2 Å². The molecule has 0 spiro atoms. The zero-order valence-electron chi connectivity index (χ0n) is 15.4. The minimum absolute atomic E-state index is 0.156. The lowest BCUT2D eigenvalue weighted by Gasteiger charge is -2.18. The van der Waals surface area contributed by atoms with Crippen molar-refractivity contribution in [2.24, 2.45) is 0 Å². The average molecular weight is 396 g/mol. The van der Waals surface area contributed by atoms with Crippen molar-refractivity contribution in [3.05, 3.63) is 87.4 Å². The first kappa shape index (κ1) is 18.7. The van der Waals surface area contributed by atoms with Crippen molar-refractivity contribution in [2.45, 2.75) is 19.6 Å². The van der Waals surface area contributed by atoms with Crippen LogP contribution in [0.4, 0.5) is 4.39 Å². The molecule has 0 bridgehead atoms. The SMILES string of the molecule is O=C(NCc1ccccc1F)c1ccc2c(c1)CN(Cc1cccs1)CCO2. The molecule has 28 heavy (non-hydrogen) atoms. The van der Waals surface area contributed by atoms with Crippen LogP contribution >= 0.6 is 11.3 Å². The number of halogens is 1. The Morgan fingerprint density at radius 2 is 2.07 bits per heavy atom. The van der Waals surface area contributed by atoms with Gasteiger partial charge in [0.2, 0.25) is 0 Å². The Balaban J connectivity index is 1.45. The number of carbonyl (C=O) groups excluding carboxylic acids is 1. The predicted octanol–water partition coefficient (Wildman–Crippen LogP) is 4.21. The highest BCUT2D eigenvalue weighted by molar-refractivity contribution is 7.09. The average Bonchev–Trinajstić information content (AvgIpc) is 3.12. The maximum atomic E-state index is 13.7. The van der Waals surface area contributed by atoms with Gasteiger partial charge < -0.3 is 10.1 Å². The fraction of sp³-hybridized carbons (Fsp3) is 0.227. The summed E-state index contributed by atoms with van der Waals surface area (Å²) in [7, 11) is 0. The summed E-state index contributed by atoms with van der Waals surface area (Å²) in [6.45, 7) is 3.20. The molecule has 0 fully saturated rings. The second kappa shape index (κ2) is 8.54. The first-order valence-electron chi connectivity index (χ1n) is 9.21. The number of fused-ring (bicyclic) bond motifs is 1. The van der Waals surface area contributed by atoms with Gasteiger partial charge in [0.15, 0.2) is 0 Å². The van der Waals surface area contributed by atoms with E-state index in [2.05, 4.69) is 27.7 Å². The Morgan fingerprint density at radius 1 is 1.18 bits per heavy atom. The lowest BCUT2D eigenvalue weighted by atomic mass is 10.1. The third-order valence-corrected chi connectivity index (χ3v) is 5.60. The number of carbonyl (C=O) groups is 1. The van der Waals surface area contributed by atoms with Gasteiger partial charge >= 0.3 is 0 Å². The van der Waals surface area contributed by atoms with E-state index >= 15 is 0 Å². The van der Waals surface area contributed by atoms with Gasteiger partial charge in [-0.25, -0.2) is 4.39 Å². The zero-order chi connectivity index (χ0) is 19.3. The van der Waals surface area contributed by atoms with Crippen LogP contribution in [0.15, 0.2) is 60.0 Å². The maximum absolute atomic E-state index is 13.7. The van der Waals surface area contributed by atoms with Crippen molar-refractivity contribution in [3.63, 3.8) is 0 Å². The molecule has 1 aliphatic rings. The van der Waals surface area contributed by atoms with Gasteiger partial charge in [-0.15, -0.1) is 11.3 Å². The molecule has 0 radical (unpaired) electrons. The molecule has 1 aliphatic heterocycles. The molecule has 0 saturated heterocycles. The van der Waals surface area contributed by atoms with E-state index in [1.165, 1.54) is 10.9 Å². The molecule has 1 N–H and O–H groups in total. The molecule has 2 heterocycles. The maximum Gasteiger partial charge on any atom is 0.251 e. The summed E-state index contributed by atoms with van der Waals surface area (Å²) in [5.41, 5.74) is 2.01. The van der Waals surface area contributed by atoms with Gasteiger partial charge in [-0.3, -0.25) is 9.69 Å². The molecule has 144 valence electrons. The van der Waals surface area contributed by atoms with E-state index in [0.29, 0.717) is 17.7 Å². The number of amides is 1. The third kappa shape index (κ3) is 4.40. The predicted molar refractivity (Wildman–Crippen MR) is 108 cm³/mol. The van der Waals surface area contributed by atoms with E-state index in [1.54, 1.807) is 35.6 Å². The molecule has 0 aliphatic carbocycles. The topological polar surface area (TPSA) is 41.6 Å². The van der Waals surface area contributed by atoms with Crippen LogP contribution in [0, 0.1) is 5.82 Å². The fourth-order valence-corrected chi connectivity index (χ4v) is 4.01. The van der Waals surface area contributed by atoms with E-state index < -0.39 is 0 Å². The van der Waals surface area contributed by atoms with Gasteiger partial charge in [-0.05, 0) is 35.7 Å². The number of rotatable bonds is 5. The third-order valence-electron chi connectivity index (χ3n) is 4.74. The Labute approximate surface area is 167 Å². The molecule has 4 nitrogen and oxygen atoms in total. The minimum Gasteiger partial charge on any atom is -0.492 e. The van der Waals surface area contributed by atoms with E-state index in [9.17, 15) is 9.18 Å². The Morgan fingerprint density at radius 3 is 2.89 bits per heavy atom. The van der Waals surface area contributed by atoms with E-state index in [0.717, 1.165) is 30.9 Å². The largest absolute Gasteiger partial charge is 0.492 e. The van der Waals surface area contributed by atoms with Gasteiger partial charge in [0.1, 0.15) is 18.2 Å². The Bertz CT molecular complexity index is 959. The molecule has 0 unspecified atom stereocenters. The summed E-state index contributed by atoms with van der Waals surface area (Å²) >= 11 is 1.74. The van der Waals surface area contributed by atoms with Crippen LogP contribution in [-0.4, -0.2) is 24.0 Å². The molecule has 6 heteroatoms. The number of ether oxygens (including phenoxy) is 1. The monoisotopic (exact) mass is 396 g/mol. The van der Waals surface area contributed by atoms with Crippen molar-refractivity contribution < 1.29 is 13.9 Å². The summed E-state index contributed by atoms with van der Waals surface area (Å²) < 4.78 is 19.6. The summed E-state index contributed by atoms with van der Waals surface area (Å²) in [4.78, 5) is 16.2. The number of hydrogen-bond acceptors (Lipinski definition) is 4. The molecule has 0 atom stereocenters. The quantitative estimate of drug-likeness (QED) is 0.702. The molecular weight excluding hydrogens is 375 g/mol. The Kier molecular flexibility index (Phi) is 5.69. The lowest BCUT2D eigenvalue weighted by molar-refractivity contribution is 0.0950. The fourth-order valence-electron chi connectivity index (χ4n) is 3.27. The summed E-state index contributed by atoms with van der Waals surface area (Å²) in [5.74, 6) is 0.279. The van der Waals surface area contributed by atoms with Crippen LogP contribution < -0.4 is 10.1 Å². The normalized spacial score (nSPS) is 14.0. The first-order valence-corrected chi connectivity index (χ1v) is 10.1. The molecule has 1 amide bonds. The molecule has 3 aromatic rings. The summed E-state index contributed by atoms with van der Waals surface area (Å²) in [6.07, 6.45) is 0. The molecule has 0 saturated carbocycles. The number of nitrogens with one attached hydrogen (secondary N) is 1. The highest BCUT2D eigenvalue weighted by atomic mass is 32.1. The number of thiophene rings is 1. The summed E-state index contributed by atoms with van der Waals surface area (Å²) in [5, 5.41) is 4.87. The number of hydrogen-bond donors (Lipinski definition) is 1. The zero-order valence-corrected chi connectivity index (χ0v) is 16.2. The van der Waals surface area contributed by atoms with Crippen LogP contribution in [0.1, 0.15) is 26.4 Å². The number of nitrogens with zero attached hydrogens (tertiary/aromatic N) is 1. The van der Waals surface area contributed by atoms with E-state index in [1.807, 2.05) is 12.1 Å². The van der Waals surface area contributed by atoms with Crippen LogP contribution in [0.5, 0.6) is 5.75 Å². The number of benzene rings is 2. The highest BCUT2D eigenvalue weighted by Crippen LogP contribution is 2.26. The summed E-state index contributed by atoms with van der Waals surface area (Å²) in [6, 6.07) is 16.1. The van der Waals surface area contributed by atoms with Crippen LogP contribution in [0.2, 0.25) is 0 Å². The van der Waals surface area contributed by atoms with Gasteiger partial charge in [0, 0.05) is 47.7 Å². The lowest BCUT2D eigenvalue weighted by Crippen LogP contribution is -2.25. The van der Waals surface area contributed by atoms with Crippen LogP contribution in [0.3, 0.4) is 0 Å². The van der Waals surface area contributed by atoms with Gasteiger partial charge in [0.25, 0.3) is 5.91 Å². The van der Waals surface area contributed by atoms with Crippen LogP contribution in [0.25, 0.3) is 0 Å². The molecular formula is C22H21FN2O2S. The second-order valence-corrected chi connectivity index (χ2v) is 7.77. The van der Waals surface area contributed by atoms with Crippen molar-refractivity contribution in [3.8, 4) is 5.75 Å². The molecule has 4 rings (SSSR count). The molecule has 1 aromatic heterocycles. The standard InChI is InChI=1S/C22H21FN2O2S/c23-20-6-2-1-4-17(20)13-24-22(26)16-7-8-21-18(12-16)14-25(9-10-27-21)15-19-5-3-11-28-19/h1-8,11-12H,9-10,13-15H2,(H,24,26). The van der Waals surface area contributed by atoms with Crippen molar-refractivity contribution in [2.75, 3.05) is 13.2 Å². The van der Waals surface area contributed by atoms with Crippen molar-refractivity contribution in [1.29, 1.82) is 0 Å². The van der Waals surface area contributed by atoms with Crippen molar-refractivity contribution in [1.82, 2.24) is 10.2 Å².